The van der Waals surface area contributed by atoms with Gasteiger partial charge in [0, 0.05) is 56.0 Å². The number of aldehydes is 1. The van der Waals surface area contributed by atoms with Gasteiger partial charge >= 0.3 is 0 Å². The Labute approximate surface area is 153 Å². The molecule has 2 aliphatic rings. The molecule has 0 saturated carbocycles. The summed E-state index contributed by atoms with van der Waals surface area (Å²) in [5.74, 6) is 0.304. The Bertz CT molecular complexity index is 409. The molecule has 0 aromatic carbocycles. The molecule has 2 atom stereocenters. The summed E-state index contributed by atoms with van der Waals surface area (Å²) in [6.45, 7) is 5.71. The molecule has 0 aromatic heterocycles. The minimum atomic E-state index is -0.872. The maximum Gasteiger partial charge on any atom is 0.236 e. The zero-order chi connectivity index (χ0) is 19.9. The summed E-state index contributed by atoms with van der Waals surface area (Å²) in [6, 6.07) is -0.872. The molecule has 2 rings (SSSR count). The Morgan fingerprint density at radius 1 is 1.08 bits per heavy atom. The Balaban J connectivity index is 0.000000409. The standard InChI is InChI=1S/C8H15NO4.C6H10O2.C2H5NO2/c1-6(9(11)12)8(10)7-2-4-13-5-3-7;7-5-6-1-3-8-4-2-6;1-2-3(4)5/h6-8,10H,2-5H2,1H3;5-6H,1-4H2;2H2,1H3. The summed E-state index contributed by atoms with van der Waals surface area (Å²) < 4.78 is 10.2. The van der Waals surface area contributed by atoms with Crippen LogP contribution >= 0.6 is 0 Å². The van der Waals surface area contributed by atoms with E-state index < -0.39 is 17.1 Å². The van der Waals surface area contributed by atoms with Crippen LogP contribution in [0.3, 0.4) is 0 Å². The second-order valence-electron chi connectivity index (χ2n) is 6.20. The first-order valence-electron chi connectivity index (χ1n) is 8.87. The number of carbonyl (C=O) groups excluding carboxylic acids is 1. The van der Waals surface area contributed by atoms with E-state index in [1.807, 2.05) is 0 Å². The smallest absolute Gasteiger partial charge is 0.236 e. The van der Waals surface area contributed by atoms with E-state index in [1.165, 1.54) is 13.8 Å². The summed E-state index contributed by atoms with van der Waals surface area (Å²) in [6.07, 6.45) is 3.48. The number of carbonyl (C=O) groups is 1. The molecule has 2 unspecified atom stereocenters. The van der Waals surface area contributed by atoms with E-state index in [0.717, 1.165) is 45.2 Å². The number of hydrogen-bond acceptors (Lipinski definition) is 8. The fraction of sp³-hybridized carbons (Fsp3) is 0.938. The van der Waals surface area contributed by atoms with Crippen molar-refractivity contribution < 1.29 is 29.2 Å². The topological polar surface area (TPSA) is 142 Å². The molecule has 0 bridgehead atoms. The van der Waals surface area contributed by atoms with Crippen molar-refractivity contribution >= 4 is 6.29 Å². The van der Waals surface area contributed by atoms with Gasteiger partial charge in [0.1, 0.15) is 12.4 Å². The maximum absolute atomic E-state index is 10.4. The van der Waals surface area contributed by atoms with Crippen LogP contribution in [0.1, 0.15) is 39.5 Å². The zero-order valence-corrected chi connectivity index (χ0v) is 15.5. The quantitative estimate of drug-likeness (QED) is 0.429. The summed E-state index contributed by atoms with van der Waals surface area (Å²) in [7, 11) is 0. The lowest BCUT2D eigenvalue weighted by atomic mass is 9.90. The van der Waals surface area contributed by atoms with Crippen LogP contribution in [-0.2, 0) is 14.3 Å². The molecule has 2 aliphatic heterocycles. The highest BCUT2D eigenvalue weighted by molar-refractivity contribution is 5.53. The molecular weight excluding hydrogens is 348 g/mol. The van der Waals surface area contributed by atoms with Gasteiger partial charge in [-0.25, -0.2) is 0 Å². The molecule has 26 heavy (non-hydrogen) atoms. The zero-order valence-electron chi connectivity index (χ0n) is 15.5. The number of rotatable bonds is 5. The Morgan fingerprint density at radius 2 is 1.50 bits per heavy atom. The van der Waals surface area contributed by atoms with E-state index in [1.54, 1.807) is 0 Å². The van der Waals surface area contributed by atoms with Crippen molar-refractivity contribution in [3.63, 3.8) is 0 Å². The van der Waals surface area contributed by atoms with Gasteiger partial charge in [0.05, 0.1) is 0 Å². The molecule has 2 saturated heterocycles. The molecule has 0 radical (unpaired) electrons. The van der Waals surface area contributed by atoms with Crippen molar-refractivity contribution in [1.29, 1.82) is 0 Å². The van der Waals surface area contributed by atoms with E-state index in [-0.39, 0.29) is 23.3 Å². The molecular formula is C16H30N2O8. The van der Waals surface area contributed by atoms with Crippen molar-refractivity contribution in [2.45, 2.75) is 51.7 Å². The van der Waals surface area contributed by atoms with E-state index in [2.05, 4.69) is 0 Å². The largest absolute Gasteiger partial charge is 0.386 e. The predicted octanol–water partition coefficient (Wildman–Crippen LogP) is 1.33. The van der Waals surface area contributed by atoms with Crippen molar-refractivity contribution in [2.24, 2.45) is 11.8 Å². The van der Waals surface area contributed by atoms with Gasteiger partial charge in [-0.3, -0.25) is 20.2 Å². The Kier molecular flexibility index (Phi) is 13.6. The summed E-state index contributed by atoms with van der Waals surface area (Å²) >= 11 is 0. The number of ether oxygens (including phenoxy) is 2. The molecule has 0 amide bonds. The monoisotopic (exact) mass is 378 g/mol. The maximum atomic E-state index is 10.4. The average molecular weight is 378 g/mol. The first kappa shape index (κ1) is 24.4. The van der Waals surface area contributed by atoms with Gasteiger partial charge in [-0.05, 0) is 31.6 Å². The number of hydrogen-bond donors (Lipinski definition) is 1. The first-order chi connectivity index (χ1) is 12.3. The molecule has 2 fully saturated rings. The van der Waals surface area contributed by atoms with Crippen LogP contribution in [0, 0.1) is 32.1 Å². The van der Waals surface area contributed by atoms with Crippen LogP contribution in [0.4, 0.5) is 0 Å². The lowest BCUT2D eigenvalue weighted by molar-refractivity contribution is -0.532. The lowest BCUT2D eigenvalue weighted by Crippen LogP contribution is -2.39. The molecule has 10 heteroatoms. The fourth-order valence-corrected chi connectivity index (χ4v) is 2.43. The third-order valence-electron chi connectivity index (χ3n) is 4.29. The van der Waals surface area contributed by atoms with Crippen LogP contribution in [-0.4, -0.2) is 66.4 Å². The highest BCUT2D eigenvalue weighted by Crippen LogP contribution is 2.21. The van der Waals surface area contributed by atoms with Gasteiger partial charge in [0.15, 0.2) is 0 Å². The molecule has 1 N–H and O–H groups in total. The highest BCUT2D eigenvalue weighted by Gasteiger charge is 2.32. The minimum absolute atomic E-state index is 0.0224. The summed E-state index contributed by atoms with van der Waals surface area (Å²) in [5.41, 5.74) is 0. The van der Waals surface area contributed by atoms with Gasteiger partial charge in [-0.1, -0.05) is 0 Å². The average Bonchev–Trinajstić information content (AvgIpc) is 2.69. The number of nitrogens with zero attached hydrogens (tertiary/aromatic N) is 2. The Hall–Kier alpha value is -1.65. The van der Waals surface area contributed by atoms with E-state index in [9.17, 15) is 30.1 Å². The van der Waals surface area contributed by atoms with Gasteiger partial charge < -0.3 is 19.4 Å². The summed E-state index contributed by atoms with van der Waals surface area (Å²) in [5, 5.41) is 29.2. The molecule has 0 aromatic rings. The minimum Gasteiger partial charge on any atom is -0.386 e. The van der Waals surface area contributed by atoms with Crippen molar-refractivity contribution in [1.82, 2.24) is 0 Å². The third kappa shape index (κ3) is 11.1. The Morgan fingerprint density at radius 3 is 1.81 bits per heavy atom. The number of aliphatic hydroxyl groups is 1. The van der Waals surface area contributed by atoms with Crippen LogP contribution in [0.15, 0.2) is 0 Å². The summed E-state index contributed by atoms with van der Waals surface area (Å²) in [4.78, 5) is 28.9. The second kappa shape index (κ2) is 14.5. The first-order valence-corrected chi connectivity index (χ1v) is 8.87. The molecule has 152 valence electrons. The van der Waals surface area contributed by atoms with Crippen molar-refractivity contribution in [3.05, 3.63) is 20.2 Å². The molecule has 10 nitrogen and oxygen atoms in total. The third-order valence-corrected chi connectivity index (χ3v) is 4.29. The van der Waals surface area contributed by atoms with Crippen LogP contribution in [0.2, 0.25) is 0 Å². The van der Waals surface area contributed by atoms with Crippen molar-refractivity contribution in [3.8, 4) is 0 Å². The molecule has 2 heterocycles. The van der Waals surface area contributed by atoms with E-state index in [4.69, 9.17) is 9.47 Å². The van der Waals surface area contributed by atoms with Gasteiger partial charge in [-0.2, -0.15) is 0 Å². The number of nitro groups is 2. The van der Waals surface area contributed by atoms with Gasteiger partial charge in [0.2, 0.25) is 12.6 Å². The second-order valence-corrected chi connectivity index (χ2v) is 6.20. The predicted molar refractivity (Wildman–Crippen MR) is 93.1 cm³/mol. The van der Waals surface area contributed by atoms with E-state index in [0.29, 0.717) is 13.2 Å². The highest BCUT2D eigenvalue weighted by atomic mass is 16.6. The fourth-order valence-electron chi connectivity index (χ4n) is 2.43. The van der Waals surface area contributed by atoms with Crippen LogP contribution < -0.4 is 0 Å². The SMILES string of the molecule is CC(C(O)C1CCOCC1)[N+](=O)[O-].CC[N+](=O)[O-].O=CC1CCOCC1. The van der Waals surface area contributed by atoms with Crippen LogP contribution in [0.25, 0.3) is 0 Å². The van der Waals surface area contributed by atoms with Gasteiger partial charge in [-0.15, -0.1) is 0 Å². The van der Waals surface area contributed by atoms with E-state index >= 15 is 0 Å². The lowest BCUT2D eigenvalue weighted by Gasteiger charge is -2.26. The van der Waals surface area contributed by atoms with Gasteiger partial charge in [0.25, 0.3) is 0 Å². The molecule has 0 aliphatic carbocycles. The molecule has 0 spiro atoms. The van der Waals surface area contributed by atoms with Crippen molar-refractivity contribution in [2.75, 3.05) is 33.0 Å². The number of aliphatic hydroxyl groups excluding tert-OH is 1. The normalized spacial score (nSPS) is 20.4. The van der Waals surface area contributed by atoms with Crippen LogP contribution in [0.5, 0.6) is 0 Å².